The number of nitrogens with zero attached hydrogens (tertiary/aromatic N) is 4. The van der Waals surface area contributed by atoms with Crippen molar-refractivity contribution in [2.24, 2.45) is 0 Å². The molecule has 0 radical (unpaired) electrons. The minimum atomic E-state index is 0.103. The number of aromatic nitrogens is 2. The number of hydrogen-bond acceptors (Lipinski definition) is 3. The van der Waals surface area contributed by atoms with Gasteiger partial charge in [0.15, 0.2) is 5.82 Å². The molecule has 3 heterocycles. The summed E-state index contributed by atoms with van der Waals surface area (Å²) in [6.07, 6.45) is 8.12. The Hall–Kier alpha value is -2.76. The molecule has 0 unspecified atom stereocenters. The second-order valence-corrected chi connectivity index (χ2v) is 7.95. The Morgan fingerprint density at radius 2 is 1.68 bits per heavy atom. The van der Waals surface area contributed by atoms with E-state index in [2.05, 4.69) is 45.1 Å². The fourth-order valence-corrected chi connectivity index (χ4v) is 4.57. The van der Waals surface area contributed by atoms with Crippen LogP contribution in [0.25, 0.3) is 16.6 Å². The lowest BCUT2D eigenvalue weighted by atomic mass is 9.96. The van der Waals surface area contributed by atoms with Gasteiger partial charge in [0, 0.05) is 38.4 Å². The number of carbonyl (C=O) groups excluding carboxylic acids is 1. The fourth-order valence-electron chi connectivity index (χ4n) is 4.57. The van der Waals surface area contributed by atoms with Crippen LogP contribution in [-0.4, -0.2) is 52.5 Å². The van der Waals surface area contributed by atoms with E-state index in [0.29, 0.717) is 6.04 Å². The smallest absolute Gasteiger partial charge is 0.317 e. The van der Waals surface area contributed by atoms with Crippen molar-refractivity contribution in [1.82, 2.24) is 19.6 Å². The molecule has 0 bridgehead atoms. The molecule has 1 N–H and O–H groups in total. The zero-order valence-electron chi connectivity index (χ0n) is 16.2. The molecular weight excluding hydrogens is 350 g/mol. The first-order chi connectivity index (χ1) is 13.8. The summed E-state index contributed by atoms with van der Waals surface area (Å²) in [5.41, 5.74) is 3.24. The number of fused-ring (bicyclic) bond motifs is 3. The molecule has 146 valence electrons. The third-order valence-corrected chi connectivity index (χ3v) is 6.14. The van der Waals surface area contributed by atoms with Crippen molar-refractivity contribution in [1.29, 1.82) is 0 Å². The molecule has 2 aliphatic rings. The van der Waals surface area contributed by atoms with E-state index in [-0.39, 0.29) is 6.03 Å². The third-order valence-electron chi connectivity index (χ3n) is 6.14. The molecule has 1 saturated carbocycles. The minimum Gasteiger partial charge on any atom is -0.351 e. The fraction of sp³-hybridized carbons (Fsp3) is 0.455. The molecule has 1 aliphatic heterocycles. The van der Waals surface area contributed by atoms with E-state index in [4.69, 9.17) is 4.98 Å². The average Bonchev–Trinajstić information content (AvgIpc) is 3.24. The zero-order chi connectivity index (χ0) is 18.9. The second kappa shape index (κ2) is 7.34. The van der Waals surface area contributed by atoms with Crippen molar-refractivity contribution < 1.29 is 4.79 Å². The van der Waals surface area contributed by atoms with Crippen LogP contribution in [0.1, 0.15) is 32.1 Å². The molecule has 2 amide bonds. The Morgan fingerprint density at radius 1 is 0.929 bits per heavy atom. The van der Waals surface area contributed by atoms with Gasteiger partial charge in [0.25, 0.3) is 0 Å². The SMILES string of the molecule is O=C(NC1CCCCC1)N1CCN(c2nc3ccccc3n3cccc23)CC1. The van der Waals surface area contributed by atoms with Gasteiger partial charge in [-0.3, -0.25) is 0 Å². The maximum Gasteiger partial charge on any atom is 0.317 e. The summed E-state index contributed by atoms with van der Waals surface area (Å²) in [6.45, 7) is 3.09. The molecule has 2 fully saturated rings. The highest BCUT2D eigenvalue weighted by atomic mass is 16.2. The number of hydrogen-bond donors (Lipinski definition) is 1. The van der Waals surface area contributed by atoms with Crippen LogP contribution in [0.2, 0.25) is 0 Å². The number of carbonyl (C=O) groups is 1. The predicted octanol–water partition coefficient (Wildman–Crippen LogP) is 3.65. The van der Waals surface area contributed by atoms with Crippen LogP contribution in [0.3, 0.4) is 0 Å². The molecule has 5 rings (SSSR count). The van der Waals surface area contributed by atoms with Crippen molar-refractivity contribution >= 4 is 28.4 Å². The molecule has 1 saturated heterocycles. The summed E-state index contributed by atoms with van der Waals surface area (Å²) in [6, 6.07) is 12.9. The van der Waals surface area contributed by atoms with Crippen LogP contribution in [0.15, 0.2) is 42.6 Å². The van der Waals surface area contributed by atoms with Crippen LogP contribution >= 0.6 is 0 Å². The molecule has 1 aromatic carbocycles. The number of anilines is 1. The van der Waals surface area contributed by atoms with Gasteiger partial charge in [-0.2, -0.15) is 0 Å². The number of nitrogens with one attached hydrogen (secondary N) is 1. The number of amides is 2. The topological polar surface area (TPSA) is 52.9 Å². The minimum absolute atomic E-state index is 0.103. The standard InChI is InChI=1S/C22H27N5O/c28-22(23-17-7-2-1-3-8-17)26-15-13-25(14-16-26)21-20-11-6-12-27(20)19-10-5-4-9-18(19)24-21/h4-6,9-12,17H,1-3,7-8,13-16H2,(H,23,28). The van der Waals surface area contributed by atoms with Gasteiger partial charge in [0.1, 0.15) is 0 Å². The first-order valence-corrected chi connectivity index (χ1v) is 10.5. The van der Waals surface area contributed by atoms with E-state index >= 15 is 0 Å². The molecule has 0 atom stereocenters. The highest BCUT2D eigenvalue weighted by Crippen LogP contribution is 2.26. The van der Waals surface area contributed by atoms with Gasteiger partial charge in [-0.1, -0.05) is 31.4 Å². The Balaban J connectivity index is 1.31. The lowest BCUT2D eigenvalue weighted by Crippen LogP contribution is -2.54. The summed E-state index contributed by atoms with van der Waals surface area (Å²) < 4.78 is 2.21. The van der Waals surface area contributed by atoms with E-state index < -0.39 is 0 Å². The lowest BCUT2D eigenvalue weighted by Gasteiger charge is -2.36. The highest BCUT2D eigenvalue weighted by Gasteiger charge is 2.25. The van der Waals surface area contributed by atoms with Crippen LogP contribution < -0.4 is 10.2 Å². The molecule has 0 spiro atoms. The van der Waals surface area contributed by atoms with Gasteiger partial charge >= 0.3 is 6.03 Å². The number of benzene rings is 1. The van der Waals surface area contributed by atoms with Gasteiger partial charge in [0.2, 0.25) is 0 Å². The van der Waals surface area contributed by atoms with Gasteiger partial charge in [-0.15, -0.1) is 0 Å². The summed E-state index contributed by atoms with van der Waals surface area (Å²) in [7, 11) is 0. The van der Waals surface area contributed by atoms with Gasteiger partial charge < -0.3 is 19.5 Å². The molecular formula is C22H27N5O. The van der Waals surface area contributed by atoms with E-state index in [1.165, 1.54) is 19.3 Å². The number of para-hydroxylation sites is 2. The summed E-state index contributed by atoms with van der Waals surface area (Å²) >= 11 is 0. The van der Waals surface area contributed by atoms with Gasteiger partial charge in [0.05, 0.1) is 16.6 Å². The third kappa shape index (κ3) is 3.17. The van der Waals surface area contributed by atoms with Crippen LogP contribution in [0.5, 0.6) is 0 Å². The maximum atomic E-state index is 12.6. The summed E-state index contributed by atoms with van der Waals surface area (Å²) in [5, 5.41) is 3.24. The van der Waals surface area contributed by atoms with Crippen molar-refractivity contribution in [2.45, 2.75) is 38.1 Å². The second-order valence-electron chi connectivity index (χ2n) is 7.95. The van der Waals surface area contributed by atoms with E-state index in [1.54, 1.807) is 0 Å². The molecule has 6 heteroatoms. The number of piperazine rings is 1. The van der Waals surface area contributed by atoms with Crippen molar-refractivity contribution in [3.05, 3.63) is 42.6 Å². The maximum absolute atomic E-state index is 12.6. The van der Waals surface area contributed by atoms with Crippen LogP contribution in [0, 0.1) is 0 Å². The first-order valence-electron chi connectivity index (χ1n) is 10.5. The van der Waals surface area contributed by atoms with E-state index in [0.717, 1.165) is 61.4 Å². The first kappa shape index (κ1) is 17.3. The van der Waals surface area contributed by atoms with Crippen molar-refractivity contribution in [3.8, 4) is 0 Å². The monoisotopic (exact) mass is 377 g/mol. The Kier molecular flexibility index (Phi) is 4.55. The molecule has 28 heavy (non-hydrogen) atoms. The number of rotatable bonds is 2. The predicted molar refractivity (Wildman–Crippen MR) is 112 cm³/mol. The Morgan fingerprint density at radius 3 is 2.50 bits per heavy atom. The lowest BCUT2D eigenvalue weighted by molar-refractivity contribution is 0.186. The van der Waals surface area contributed by atoms with Crippen molar-refractivity contribution in [3.63, 3.8) is 0 Å². The Bertz CT molecular complexity index is 983. The Labute approximate surface area is 165 Å². The summed E-state index contributed by atoms with van der Waals surface area (Å²) in [5.74, 6) is 1.01. The molecule has 1 aliphatic carbocycles. The van der Waals surface area contributed by atoms with Crippen LogP contribution in [0.4, 0.5) is 10.6 Å². The molecule has 6 nitrogen and oxygen atoms in total. The number of urea groups is 1. The van der Waals surface area contributed by atoms with Gasteiger partial charge in [-0.05, 0) is 37.1 Å². The van der Waals surface area contributed by atoms with Crippen LogP contribution in [-0.2, 0) is 0 Å². The molecule has 2 aromatic heterocycles. The highest BCUT2D eigenvalue weighted by molar-refractivity contribution is 5.85. The quantitative estimate of drug-likeness (QED) is 0.742. The largest absolute Gasteiger partial charge is 0.351 e. The zero-order valence-corrected chi connectivity index (χ0v) is 16.2. The normalized spacial score (nSPS) is 18.7. The van der Waals surface area contributed by atoms with E-state index in [1.807, 2.05) is 17.0 Å². The molecule has 3 aromatic rings. The average molecular weight is 377 g/mol. The van der Waals surface area contributed by atoms with Gasteiger partial charge in [-0.25, -0.2) is 9.78 Å². The van der Waals surface area contributed by atoms with Crippen molar-refractivity contribution in [2.75, 3.05) is 31.1 Å². The summed E-state index contributed by atoms with van der Waals surface area (Å²) in [4.78, 5) is 21.9. The van der Waals surface area contributed by atoms with E-state index in [9.17, 15) is 4.79 Å².